The zero-order chi connectivity index (χ0) is 12.1. The highest BCUT2D eigenvalue weighted by atomic mass is 16.5. The number of esters is 1. The molecule has 1 N–H and O–H groups in total. The fraction of sp³-hybridized carbons (Fsp3) is 0.500. The number of carbonyl (C=O) groups excluding carboxylic acids is 1. The number of rotatable bonds is 5. The minimum absolute atomic E-state index is 0.134. The van der Waals surface area contributed by atoms with Crippen molar-refractivity contribution in [3.05, 3.63) is 35.9 Å². The topological polar surface area (TPSA) is 38.3 Å². The van der Waals surface area contributed by atoms with Crippen LogP contribution in [0.15, 0.2) is 30.3 Å². The van der Waals surface area contributed by atoms with Gasteiger partial charge in [-0.3, -0.25) is 4.79 Å². The average Bonchev–Trinajstić information content (AvgIpc) is 2.32. The largest absolute Gasteiger partial charge is 0.468 e. The van der Waals surface area contributed by atoms with Crippen LogP contribution in [-0.4, -0.2) is 19.1 Å². The van der Waals surface area contributed by atoms with E-state index in [0.717, 1.165) is 19.4 Å². The number of carbonyl (C=O) groups is 1. The van der Waals surface area contributed by atoms with Gasteiger partial charge in [-0.05, 0) is 24.3 Å². The third-order valence-corrected chi connectivity index (χ3v) is 3.45. The van der Waals surface area contributed by atoms with Gasteiger partial charge in [0.05, 0.1) is 7.11 Å². The van der Waals surface area contributed by atoms with E-state index < -0.39 is 0 Å². The van der Waals surface area contributed by atoms with Crippen molar-refractivity contribution in [1.82, 2.24) is 5.32 Å². The molecule has 0 amide bonds. The predicted octanol–water partition coefficient (Wildman–Crippen LogP) is 2.12. The molecule has 1 fully saturated rings. The van der Waals surface area contributed by atoms with Gasteiger partial charge < -0.3 is 10.1 Å². The van der Waals surface area contributed by atoms with Crippen molar-refractivity contribution in [3.63, 3.8) is 0 Å². The lowest BCUT2D eigenvalue weighted by Gasteiger charge is -2.32. The molecule has 3 heteroatoms. The van der Waals surface area contributed by atoms with Crippen LogP contribution in [0.1, 0.15) is 24.8 Å². The molecule has 1 aliphatic rings. The molecule has 0 aromatic heterocycles. The molecule has 0 heterocycles. The second kappa shape index (κ2) is 5.82. The summed E-state index contributed by atoms with van der Waals surface area (Å²) in [6.07, 6.45) is 3.48. The Bertz CT molecular complexity index is 360. The molecule has 2 rings (SSSR count). The number of hydrogen-bond donors (Lipinski definition) is 1. The molecule has 0 radical (unpaired) electrons. The lowest BCUT2D eigenvalue weighted by Crippen LogP contribution is -2.45. The molecule has 17 heavy (non-hydrogen) atoms. The maximum absolute atomic E-state index is 11.7. The molecule has 3 nitrogen and oxygen atoms in total. The van der Waals surface area contributed by atoms with E-state index in [1.54, 1.807) is 0 Å². The van der Waals surface area contributed by atoms with Gasteiger partial charge in [0.25, 0.3) is 0 Å². The summed E-state index contributed by atoms with van der Waals surface area (Å²) in [6, 6.07) is 9.98. The van der Waals surface area contributed by atoms with Crippen LogP contribution in [0, 0.1) is 5.92 Å². The van der Waals surface area contributed by atoms with Crippen LogP contribution in [0.4, 0.5) is 0 Å². The molecule has 0 bridgehead atoms. The molecular formula is C14H19NO2. The Morgan fingerprint density at radius 3 is 2.65 bits per heavy atom. The molecule has 92 valence electrons. The van der Waals surface area contributed by atoms with Crippen LogP contribution in [0.3, 0.4) is 0 Å². The lowest BCUT2D eigenvalue weighted by molar-refractivity contribution is -0.145. The Morgan fingerprint density at radius 2 is 2.12 bits per heavy atom. The number of hydrogen-bond acceptors (Lipinski definition) is 3. The SMILES string of the molecule is COC(=O)C(NCc1ccccc1)C1CCC1. The van der Waals surface area contributed by atoms with Gasteiger partial charge in [0, 0.05) is 6.54 Å². The van der Waals surface area contributed by atoms with Crippen LogP contribution in [0.25, 0.3) is 0 Å². The van der Waals surface area contributed by atoms with Crippen LogP contribution >= 0.6 is 0 Å². The molecule has 1 aliphatic carbocycles. The first-order valence-electron chi connectivity index (χ1n) is 6.16. The van der Waals surface area contributed by atoms with Crippen molar-refractivity contribution in [2.75, 3.05) is 7.11 Å². The minimum atomic E-state index is -0.144. The molecule has 0 aliphatic heterocycles. The maximum atomic E-state index is 11.7. The Hall–Kier alpha value is -1.35. The van der Waals surface area contributed by atoms with Crippen molar-refractivity contribution in [1.29, 1.82) is 0 Å². The summed E-state index contributed by atoms with van der Waals surface area (Å²) in [5.41, 5.74) is 1.20. The zero-order valence-corrected chi connectivity index (χ0v) is 10.2. The third kappa shape index (κ3) is 3.07. The Labute approximate surface area is 102 Å². The average molecular weight is 233 g/mol. The zero-order valence-electron chi connectivity index (χ0n) is 10.2. The van der Waals surface area contributed by atoms with Crippen molar-refractivity contribution >= 4 is 5.97 Å². The van der Waals surface area contributed by atoms with E-state index in [1.807, 2.05) is 18.2 Å². The highest BCUT2D eigenvalue weighted by Crippen LogP contribution is 2.30. The maximum Gasteiger partial charge on any atom is 0.323 e. The van der Waals surface area contributed by atoms with Gasteiger partial charge in [-0.15, -0.1) is 0 Å². The number of ether oxygens (including phenoxy) is 1. The fourth-order valence-electron chi connectivity index (χ4n) is 2.17. The van der Waals surface area contributed by atoms with Crippen molar-refractivity contribution in [3.8, 4) is 0 Å². The molecule has 0 spiro atoms. The van der Waals surface area contributed by atoms with E-state index in [4.69, 9.17) is 4.74 Å². The van der Waals surface area contributed by atoms with Gasteiger partial charge in [-0.1, -0.05) is 36.8 Å². The second-order valence-corrected chi connectivity index (χ2v) is 4.56. The highest BCUT2D eigenvalue weighted by molar-refractivity contribution is 5.76. The molecule has 1 unspecified atom stereocenters. The van der Waals surface area contributed by atoms with E-state index in [-0.39, 0.29) is 12.0 Å². The minimum Gasteiger partial charge on any atom is -0.468 e. The van der Waals surface area contributed by atoms with Gasteiger partial charge in [0.2, 0.25) is 0 Å². The first-order valence-corrected chi connectivity index (χ1v) is 6.16. The van der Waals surface area contributed by atoms with E-state index in [1.165, 1.54) is 19.1 Å². The number of benzene rings is 1. The summed E-state index contributed by atoms with van der Waals surface area (Å²) in [6.45, 7) is 0.719. The van der Waals surface area contributed by atoms with Crippen LogP contribution in [0.2, 0.25) is 0 Å². The summed E-state index contributed by atoms with van der Waals surface area (Å²) in [7, 11) is 1.46. The van der Waals surface area contributed by atoms with Gasteiger partial charge in [0.15, 0.2) is 0 Å². The first kappa shape index (κ1) is 12.1. The molecular weight excluding hydrogens is 214 g/mol. The smallest absolute Gasteiger partial charge is 0.323 e. The summed E-state index contributed by atoms with van der Waals surface area (Å²) in [4.78, 5) is 11.7. The Morgan fingerprint density at radius 1 is 1.41 bits per heavy atom. The molecule has 0 saturated heterocycles. The first-order chi connectivity index (χ1) is 8.31. The molecule has 1 saturated carbocycles. The van der Waals surface area contributed by atoms with Crippen molar-refractivity contribution < 1.29 is 9.53 Å². The van der Waals surface area contributed by atoms with E-state index in [9.17, 15) is 4.79 Å². The highest BCUT2D eigenvalue weighted by Gasteiger charge is 2.32. The third-order valence-electron chi connectivity index (χ3n) is 3.45. The monoisotopic (exact) mass is 233 g/mol. The van der Waals surface area contributed by atoms with Gasteiger partial charge >= 0.3 is 5.97 Å². The second-order valence-electron chi connectivity index (χ2n) is 4.56. The number of nitrogens with one attached hydrogen (secondary N) is 1. The van der Waals surface area contributed by atoms with E-state index >= 15 is 0 Å². The summed E-state index contributed by atoms with van der Waals surface area (Å²) >= 11 is 0. The fourth-order valence-corrected chi connectivity index (χ4v) is 2.17. The Balaban J connectivity index is 1.91. The summed E-state index contributed by atoms with van der Waals surface area (Å²) in [5, 5.41) is 3.31. The van der Waals surface area contributed by atoms with Crippen molar-refractivity contribution in [2.45, 2.75) is 31.8 Å². The summed E-state index contributed by atoms with van der Waals surface area (Å²) in [5.74, 6) is 0.316. The molecule has 1 aromatic carbocycles. The van der Waals surface area contributed by atoms with Crippen LogP contribution in [-0.2, 0) is 16.1 Å². The quantitative estimate of drug-likeness (QED) is 0.792. The lowest BCUT2D eigenvalue weighted by atomic mass is 9.79. The van der Waals surface area contributed by atoms with Crippen LogP contribution < -0.4 is 5.32 Å². The Kier molecular flexibility index (Phi) is 4.15. The standard InChI is InChI=1S/C14H19NO2/c1-17-14(16)13(12-8-5-9-12)15-10-11-6-3-2-4-7-11/h2-4,6-7,12-13,15H,5,8-10H2,1H3. The number of methoxy groups -OCH3 is 1. The molecule has 1 atom stereocenters. The van der Waals surface area contributed by atoms with E-state index in [2.05, 4.69) is 17.4 Å². The van der Waals surface area contributed by atoms with Crippen LogP contribution in [0.5, 0.6) is 0 Å². The molecule has 1 aromatic rings. The normalized spacial score (nSPS) is 17.2. The summed E-state index contributed by atoms with van der Waals surface area (Å²) < 4.78 is 4.86. The van der Waals surface area contributed by atoms with Gasteiger partial charge in [-0.2, -0.15) is 0 Å². The predicted molar refractivity (Wildman–Crippen MR) is 66.4 cm³/mol. The van der Waals surface area contributed by atoms with Gasteiger partial charge in [0.1, 0.15) is 6.04 Å². The van der Waals surface area contributed by atoms with Crippen molar-refractivity contribution in [2.24, 2.45) is 5.92 Å². The van der Waals surface area contributed by atoms with E-state index in [0.29, 0.717) is 5.92 Å². The van der Waals surface area contributed by atoms with Gasteiger partial charge in [-0.25, -0.2) is 0 Å².